The first kappa shape index (κ1) is 18.2. The minimum Gasteiger partial charge on any atom is -0.488 e. The van der Waals surface area contributed by atoms with E-state index in [1.54, 1.807) is 12.1 Å². The topological polar surface area (TPSA) is 21.3 Å². The maximum absolute atomic E-state index is 13.8. The highest BCUT2D eigenvalue weighted by Gasteiger charge is 2.10. The number of nitrogens with one attached hydrogen (secondary N) is 1. The van der Waals surface area contributed by atoms with Crippen LogP contribution in [0.2, 0.25) is 0 Å². The molecule has 0 aliphatic rings. The Morgan fingerprint density at radius 2 is 1.71 bits per heavy atom. The van der Waals surface area contributed by atoms with Crippen molar-refractivity contribution in [3.8, 4) is 5.75 Å². The van der Waals surface area contributed by atoms with Crippen LogP contribution in [-0.4, -0.2) is 6.54 Å². The average Bonchev–Trinajstić information content (AvgIpc) is 2.59. The Bertz CT molecular complexity index is 807. The molecule has 0 fully saturated rings. The van der Waals surface area contributed by atoms with E-state index in [1.165, 1.54) is 16.8 Å². The third-order valence-electron chi connectivity index (χ3n) is 3.89. The molecule has 2 nitrogen and oxygen atoms in total. The van der Waals surface area contributed by atoms with Gasteiger partial charge in [0.1, 0.15) is 18.2 Å². The van der Waals surface area contributed by atoms with E-state index in [4.69, 9.17) is 4.74 Å². The molecule has 3 rings (SSSR count). The molecule has 126 valence electrons. The number of hydrogen-bond acceptors (Lipinski definition) is 2. The van der Waals surface area contributed by atoms with Crippen molar-refractivity contribution in [2.45, 2.75) is 20.1 Å². The van der Waals surface area contributed by atoms with Crippen LogP contribution in [0, 0.1) is 5.82 Å². The fourth-order valence-electron chi connectivity index (χ4n) is 2.65. The summed E-state index contributed by atoms with van der Waals surface area (Å²) in [4.78, 5) is 0. The van der Waals surface area contributed by atoms with Crippen LogP contribution in [0.4, 0.5) is 4.39 Å². The third kappa shape index (κ3) is 4.05. The van der Waals surface area contributed by atoms with Gasteiger partial charge in [-0.1, -0.05) is 55.5 Å². The number of ether oxygens (including phenoxy) is 1. The van der Waals surface area contributed by atoms with Crippen LogP contribution in [0.15, 0.2) is 60.7 Å². The van der Waals surface area contributed by atoms with Crippen molar-refractivity contribution < 1.29 is 9.13 Å². The van der Waals surface area contributed by atoms with Crippen LogP contribution >= 0.6 is 12.4 Å². The molecule has 0 aliphatic carbocycles. The van der Waals surface area contributed by atoms with Gasteiger partial charge >= 0.3 is 0 Å². The van der Waals surface area contributed by atoms with E-state index >= 15 is 0 Å². The van der Waals surface area contributed by atoms with Crippen LogP contribution in [0.3, 0.4) is 0 Å². The summed E-state index contributed by atoms with van der Waals surface area (Å²) < 4.78 is 19.7. The van der Waals surface area contributed by atoms with Gasteiger partial charge in [0.25, 0.3) is 0 Å². The molecule has 0 amide bonds. The lowest BCUT2D eigenvalue weighted by molar-refractivity contribution is 0.296. The highest BCUT2D eigenvalue weighted by molar-refractivity contribution is 5.87. The molecule has 3 aromatic carbocycles. The Labute approximate surface area is 148 Å². The second-order valence-corrected chi connectivity index (χ2v) is 5.42. The van der Waals surface area contributed by atoms with Gasteiger partial charge in [-0.25, -0.2) is 4.39 Å². The Morgan fingerprint density at radius 3 is 2.50 bits per heavy atom. The summed E-state index contributed by atoms with van der Waals surface area (Å²) >= 11 is 0. The first-order chi connectivity index (χ1) is 11.3. The summed E-state index contributed by atoms with van der Waals surface area (Å²) in [6.07, 6.45) is 0. The second kappa shape index (κ2) is 8.67. The number of benzene rings is 3. The number of fused-ring (bicyclic) bond motifs is 1. The van der Waals surface area contributed by atoms with Gasteiger partial charge in [0, 0.05) is 17.7 Å². The second-order valence-electron chi connectivity index (χ2n) is 5.42. The van der Waals surface area contributed by atoms with Crippen molar-refractivity contribution in [3.05, 3.63) is 77.6 Å². The van der Waals surface area contributed by atoms with Crippen molar-refractivity contribution in [1.82, 2.24) is 5.32 Å². The van der Waals surface area contributed by atoms with Gasteiger partial charge in [0.05, 0.1) is 0 Å². The van der Waals surface area contributed by atoms with Crippen LogP contribution in [0.25, 0.3) is 10.8 Å². The lowest BCUT2D eigenvalue weighted by atomic mass is 10.0. The van der Waals surface area contributed by atoms with Crippen molar-refractivity contribution in [2.24, 2.45) is 0 Å². The van der Waals surface area contributed by atoms with E-state index in [1.807, 2.05) is 30.3 Å². The summed E-state index contributed by atoms with van der Waals surface area (Å²) in [5.74, 6) is 0.564. The monoisotopic (exact) mass is 345 g/mol. The molecule has 4 heteroatoms. The molecule has 0 atom stereocenters. The van der Waals surface area contributed by atoms with Crippen molar-refractivity contribution in [2.75, 3.05) is 6.54 Å². The smallest absolute Gasteiger partial charge is 0.129 e. The van der Waals surface area contributed by atoms with E-state index in [-0.39, 0.29) is 24.8 Å². The van der Waals surface area contributed by atoms with Gasteiger partial charge in [0.2, 0.25) is 0 Å². The van der Waals surface area contributed by atoms with E-state index < -0.39 is 0 Å². The summed E-state index contributed by atoms with van der Waals surface area (Å²) in [5.41, 5.74) is 1.68. The van der Waals surface area contributed by atoms with Crippen molar-refractivity contribution >= 4 is 23.2 Å². The molecule has 0 saturated heterocycles. The van der Waals surface area contributed by atoms with Gasteiger partial charge in [-0.05, 0) is 29.4 Å². The minimum atomic E-state index is -0.235. The van der Waals surface area contributed by atoms with Crippen LogP contribution < -0.4 is 10.1 Å². The van der Waals surface area contributed by atoms with E-state index in [0.717, 1.165) is 24.4 Å². The molecule has 24 heavy (non-hydrogen) atoms. The van der Waals surface area contributed by atoms with Gasteiger partial charge in [-0.3, -0.25) is 0 Å². The predicted molar refractivity (Wildman–Crippen MR) is 99.3 cm³/mol. The normalized spacial score (nSPS) is 10.4. The van der Waals surface area contributed by atoms with Gasteiger partial charge < -0.3 is 10.1 Å². The highest BCUT2D eigenvalue weighted by atomic mass is 35.5. The standard InChI is InChI=1S/C20H20FNO.ClH/c1-2-22-13-18-17-9-5-3-7-15(17)11-12-20(18)23-14-16-8-4-6-10-19(16)21;/h3-12,22H,2,13-14H2,1H3;1H. The largest absolute Gasteiger partial charge is 0.488 e. The fraction of sp³-hybridized carbons (Fsp3) is 0.200. The quantitative estimate of drug-likeness (QED) is 0.672. The SMILES string of the molecule is CCNCc1c(OCc2ccccc2F)ccc2ccccc12.Cl. The molecule has 0 heterocycles. The Kier molecular flexibility index (Phi) is 6.59. The highest BCUT2D eigenvalue weighted by Crippen LogP contribution is 2.29. The maximum Gasteiger partial charge on any atom is 0.129 e. The van der Waals surface area contributed by atoms with Gasteiger partial charge in [-0.2, -0.15) is 0 Å². The van der Waals surface area contributed by atoms with Crippen LogP contribution in [0.5, 0.6) is 5.75 Å². The molecular weight excluding hydrogens is 325 g/mol. The molecule has 0 unspecified atom stereocenters. The number of rotatable bonds is 6. The molecule has 0 bridgehead atoms. The zero-order valence-corrected chi connectivity index (χ0v) is 14.4. The lowest BCUT2D eigenvalue weighted by Crippen LogP contribution is -2.13. The molecule has 3 aromatic rings. The third-order valence-corrected chi connectivity index (χ3v) is 3.89. The summed E-state index contributed by atoms with van der Waals surface area (Å²) in [6.45, 7) is 3.91. The molecule has 0 aromatic heterocycles. The van der Waals surface area contributed by atoms with E-state index in [0.29, 0.717) is 5.56 Å². The number of halogens is 2. The predicted octanol–water partition coefficient (Wildman–Crippen LogP) is 5.09. The summed E-state index contributed by atoms with van der Waals surface area (Å²) in [5, 5.41) is 5.70. The molecule has 0 radical (unpaired) electrons. The first-order valence-electron chi connectivity index (χ1n) is 7.87. The lowest BCUT2D eigenvalue weighted by Gasteiger charge is -2.15. The Balaban J connectivity index is 0.00000208. The molecule has 1 N–H and O–H groups in total. The minimum absolute atomic E-state index is 0. The summed E-state index contributed by atoms with van der Waals surface area (Å²) in [7, 11) is 0. The maximum atomic E-state index is 13.8. The van der Waals surface area contributed by atoms with Gasteiger partial charge in [-0.15, -0.1) is 12.4 Å². The van der Waals surface area contributed by atoms with E-state index in [2.05, 4.69) is 24.4 Å². The van der Waals surface area contributed by atoms with Crippen LogP contribution in [0.1, 0.15) is 18.1 Å². The molecule has 0 saturated carbocycles. The molecular formula is C20H21ClFNO. The van der Waals surface area contributed by atoms with Gasteiger partial charge in [0.15, 0.2) is 0 Å². The molecule has 0 aliphatic heterocycles. The Hall–Kier alpha value is -2.10. The first-order valence-corrected chi connectivity index (χ1v) is 7.87. The molecule has 0 spiro atoms. The zero-order chi connectivity index (χ0) is 16.1. The van der Waals surface area contributed by atoms with Crippen molar-refractivity contribution in [1.29, 1.82) is 0 Å². The number of hydrogen-bond donors (Lipinski definition) is 1. The van der Waals surface area contributed by atoms with Crippen molar-refractivity contribution in [3.63, 3.8) is 0 Å². The zero-order valence-electron chi connectivity index (χ0n) is 13.6. The average molecular weight is 346 g/mol. The van der Waals surface area contributed by atoms with Crippen LogP contribution in [-0.2, 0) is 13.2 Å². The Morgan fingerprint density at radius 1 is 0.958 bits per heavy atom. The fourth-order valence-corrected chi connectivity index (χ4v) is 2.65. The van der Waals surface area contributed by atoms with E-state index in [9.17, 15) is 4.39 Å². The summed E-state index contributed by atoms with van der Waals surface area (Å²) in [6, 6.07) is 19.0.